The molecule has 6 heteroatoms. The molecule has 5 nitrogen and oxygen atoms in total. The number of hydrogen-bond acceptors (Lipinski definition) is 3. The van der Waals surface area contributed by atoms with Gasteiger partial charge in [-0.1, -0.05) is 23.7 Å². The Balaban J connectivity index is 1.54. The molecular weight excluding hydrogens is 316 g/mol. The molecule has 2 aromatic rings. The Hall–Kier alpha value is -2.24. The fraction of sp³-hybridized carbons (Fsp3) is 0.235. The molecule has 3 rings (SSSR count). The number of aliphatic hydroxyl groups excluding tert-OH is 1. The molecule has 3 N–H and O–H groups in total. The maximum atomic E-state index is 11.9. The zero-order valence-electron chi connectivity index (χ0n) is 12.4. The minimum atomic E-state index is -0.772. The molecule has 1 atom stereocenters. The van der Waals surface area contributed by atoms with Crippen LogP contribution in [0.15, 0.2) is 42.5 Å². The number of urea groups is 1. The highest BCUT2D eigenvalue weighted by Crippen LogP contribution is 2.28. The van der Waals surface area contributed by atoms with Crippen molar-refractivity contribution in [3.63, 3.8) is 0 Å². The third-order valence-corrected chi connectivity index (χ3v) is 3.87. The van der Waals surface area contributed by atoms with Crippen LogP contribution >= 0.6 is 11.6 Å². The van der Waals surface area contributed by atoms with Gasteiger partial charge in [0, 0.05) is 23.7 Å². The maximum Gasteiger partial charge on any atom is 0.319 e. The van der Waals surface area contributed by atoms with Crippen molar-refractivity contribution in [3.8, 4) is 5.75 Å². The average Bonchev–Trinajstić information content (AvgIpc) is 3.00. The Labute approximate surface area is 139 Å². The van der Waals surface area contributed by atoms with Gasteiger partial charge in [0.25, 0.3) is 0 Å². The summed E-state index contributed by atoms with van der Waals surface area (Å²) in [5, 5.41) is 16.1. The van der Waals surface area contributed by atoms with Crippen LogP contribution in [0, 0.1) is 0 Å². The SMILES string of the molecule is O=C(NCC(O)c1ccc2c(c1)CCO2)Nc1cccc(Cl)c1. The van der Waals surface area contributed by atoms with E-state index in [0.29, 0.717) is 17.3 Å². The normalized spacial score (nSPS) is 13.8. The number of rotatable bonds is 4. The van der Waals surface area contributed by atoms with Crippen LogP contribution in [0.25, 0.3) is 0 Å². The molecule has 0 bridgehead atoms. The highest BCUT2D eigenvalue weighted by Gasteiger charge is 2.16. The van der Waals surface area contributed by atoms with E-state index in [0.717, 1.165) is 23.3 Å². The van der Waals surface area contributed by atoms with Gasteiger partial charge in [0.1, 0.15) is 5.75 Å². The van der Waals surface area contributed by atoms with E-state index >= 15 is 0 Å². The van der Waals surface area contributed by atoms with E-state index in [-0.39, 0.29) is 6.54 Å². The summed E-state index contributed by atoms with van der Waals surface area (Å²) in [7, 11) is 0. The number of ether oxygens (including phenoxy) is 1. The Morgan fingerprint density at radius 3 is 3.00 bits per heavy atom. The predicted molar refractivity (Wildman–Crippen MR) is 89.1 cm³/mol. The Morgan fingerprint density at radius 2 is 2.17 bits per heavy atom. The van der Waals surface area contributed by atoms with Gasteiger partial charge >= 0.3 is 6.03 Å². The summed E-state index contributed by atoms with van der Waals surface area (Å²) in [6.45, 7) is 0.793. The zero-order chi connectivity index (χ0) is 16.2. The number of fused-ring (bicyclic) bond motifs is 1. The molecule has 0 aromatic heterocycles. The van der Waals surface area contributed by atoms with Gasteiger partial charge in [0.2, 0.25) is 0 Å². The molecule has 0 spiro atoms. The van der Waals surface area contributed by atoms with Gasteiger partial charge in [0.15, 0.2) is 0 Å². The lowest BCUT2D eigenvalue weighted by atomic mass is 10.0. The van der Waals surface area contributed by atoms with Crippen molar-refractivity contribution < 1.29 is 14.6 Å². The standard InChI is InChI=1S/C17H17ClN2O3/c18-13-2-1-3-14(9-13)20-17(22)19-10-15(21)11-4-5-16-12(8-11)6-7-23-16/h1-5,8-9,15,21H,6-7,10H2,(H2,19,20,22). The summed E-state index contributed by atoms with van der Waals surface area (Å²) in [6, 6.07) is 12.1. The van der Waals surface area contributed by atoms with Crippen LogP contribution < -0.4 is 15.4 Å². The summed E-state index contributed by atoms with van der Waals surface area (Å²) >= 11 is 5.86. The molecule has 0 saturated carbocycles. The van der Waals surface area contributed by atoms with E-state index in [1.807, 2.05) is 18.2 Å². The minimum absolute atomic E-state index is 0.117. The second kappa shape index (κ2) is 6.89. The topological polar surface area (TPSA) is 70.6 Å². The summed E-state index contributed by atoms with van der Waals surface area (Å²) in [6.07, 6.45) is 0.0736. The molecule has 120 valence electrons. The smallest absolute Gasteiger partial charge is 0.319 e. The fourth-order valence-corrected chi connectivity index (χ4v) is 2.65. The van der Waals surface area contributed by atoms with Crippen molar-refractivity contribution in [2.45, 2.75) is 12.5 Å². The van der Waals surface area contributed by atoms with E-state index in [1.54, 1.807) is 24.3 Å². The van der Waals surface area contributed by atoms with Gasteiger partial charge in [-0.15, -0.1) is 0 Å². The first-order chi connectivity index (χ1) is 11.1. The van der Waals surface area contributed by atoms with Crippen molar-refractivity contribution in [1.82, 2.24) is 5.32 Å². The highest BCUT2D eigenvalue weighted by atomic mass is 35.5. The fourth-order valence-electron chi connectivity index (χ4n) is 2.46. The Bertz CT molecular complexity index is 721. The van der Waals surface area contributed by atoms with Gasteiger partial charge in [-0.3, -0.25) is 0 Å². The van der Waals surface area contributed by atoms with Crippen molar-refractivity contribution >= 4 is 23.3 Å². The number of hydrogen-bond donors (Lipinski definition) is 3. The molecule has 2 aromatic carbocycles. The first-order valence-electron chi connectivity index (χ1n) is 7.36. The molecule has 0 aliphatic carbocycles. The van der Waals surface area contributed by atoms with E-state index in [2.05, 4.69) is 10.6 Å². The van der Waals surface area contributed by atoms with Crippen LogP contribution in [0.1, 0.15) is 17.2 Å². The number of halogens is 1. The van der Waals surface area contributed by atoms with Gasteiger partial charge in [-0.25, -0.2) is 4.79 Å². The monoisotopic (exact) mass is 332 g/mol. The van der Waals surface area contributed by atoms with Gasteiger partial charge < -0.3 is 20.5 Å². The van der Waals surface area contributed by atoms with Gasteiger partial charge in [-0.05, 0) is 41.5 Å². The summed E-state index contributed by atoms with van der Waals surface area (Å²) in [5.74, 6) is 0.868. The van der Waals surface area contributed by atoms with Crippen LogP contribution in [0.4, 0.5) is 10.5 Å². The number of anilines is 1. The quantitative estimate of drug-likeness (QED) is 0.805. The molecule has 1 heterocycles. The summed E-state index contributed by atoms with van der Waals surface area (Å²) < 4.78 is 5.44. The Kier molecular flexibility index (Phi) is 4.69. The number of carbonyl (C=O) groups is 1. The van der Waals surface area contributed by atoms with Gasteiger partial charge in [0.05, 0.1) is 12.7 Å². The number of nitrogens with one attached hydrogen (secondary N) is 2. The number of aliphatic hydroxyl groups is 1. The lowest BCUT2D eigenvalue weighted by Crippen LogP contribution is -2.32. The molecule has 1 unspecified atom stereocenters. The molecule has 23 heavy (non-hydrogen) atoms. The van der Waals surface area contributed by atoms with E-state index < -0.39 is 12.1 Å². The van der Waals surface area contributed by atoms with Crippen LogP contribution in [0.2, 0.25) is 5.02 Å². The zero-order valence-corrected chi connectivity index (χ0v) is 13.1. The average molecular weight is 333 g/mol. The van der Waals surface area contributed by atoms with E-state index in [1.165, 1.54) is 0 Å². The van der Waals surface area contributed by atoms with E-state index in [9.17, 15) is 9.90 Å². The van der Waals surface area contributed by atoms with Crippen molar-refractivity contribution in [2.75, 3.05) is 18.5 Å². The third kappa shape index (κ3) is 3.94. The summed E-state index contributed by atoms with van der Waals surface area (Å²) in [4.78, 5) is 11.9. The van der Waals surface area contributed by atoms with Crippen molar-refractivity contribution in [2.24, 2.45) is 0 Å². The highest BCUT2D eigenvalue weighted by molar-refractivity contribution is 6.30. The Morgan fingerprint density at radius 1 is 1.30 bits per heavy atom. The molecular formula is C17H17ClN2O3. The van der Waals surface area contributed by atoms with Crippen LogP contribution in [0.3, 0.4) is 0 Å². The predicted octanol–water partition coefficient (Wildman–Crippen LogP) is 3.13. The number of benzene rings is 2. The number of amides is 2. The van der Waals surface area contributed by atoms with Crippen LogP contribution in [0.5, 0.6) is 5.75 Å². The molecule has 2 amide bonds. The summed E-state index contributed by atoms with van der Waals surface area (Å²) in [5.41, 5.74) is 2.45. The molecule has 1 aliphatic rings. The van der Waals surface area contributed by atoms with Gasteiger partial charge in [-0.2, -0.15) is 0 Å². The van der Waals surface area contributed by atoms with Crippen LogP contribution in [-0.4, -0.2) is 24.3 Å². The maximum absolute atomic E-state index is 11.9. The molecule has 0 fully saturated rings. The molecule has 0 saturated heterocycles. The molecule has 0 radical (unpaired) electrons. The van der Waals surface area contributed by atoms with Crippen molar-refractivity contribution in [1.29, 1.82) is 0 Å². The third-order valence-electron chi connectivity index (χ3n) is 3.64. The first-order valence-corrected chi connectivity index (χ1v) is 7.74. The molecule has 1 aliphatic heterocycles. The minimum Gasteiger partial charge on any atom is -0.493 e. The van der Waals surface area contributed by atoms with Crippen molar-refractivity contribution in [3.05, 3.63) is 58.6 Å². The lowest BCUT2D eigenvalue weighted by Gasteiger charge is -2.14. The second-order valence-corrected chi connectivity index (χ2v) is 5.76. The first kappa shape index (κ1) is 15.6. The lowest BCUT2D eigenvalue weighted by molar-refractivity contribution is 0.175. The van der Waals surface area contributed by atoms with E-state index in [4.69, 9.17) is 16.3 Å². The largest absolute Gasteiger partial charge is 0.493 e. The second-order valence-electron chi connectivity index (χ2n) is 5.33. The van der Waals surface area contributed by atoms with Crippen LogP contribution in [-0.2, 0) is 6.42 Å². The number of carbonyl (C=O) groups excluding carboxylic acids is 1.